The van der Waals surface area contributed by atoms with E-state index in [9.17, 15) is 10.1 Å². The van der Waals surface area contributed by atoms with Crippen molar-refractivity contribution >= 4 is 28.8 Å². The molecule has 2 aromatic heterocycles. The first-order valence-electron chi connectivity index (χ1n) is 7.98. The molecule has 1 aromatic carbocycles. The first-order valence-corrected chi connectivity index (χ1v) is 7.98. The number of hydrogen-bond acceptors (Lipinski definition) is 7. The fourth-order valence-electron chi connectivity index (χ4n) is 2.54. The van der Waals surface area contributed by atoms with Crippen LogP contribution < -0.4 is 10.6 Å². The van der Waals surface area contributed by atoms with E-state index in [2.05, 4.69) is 25.6 Å². The number of aromatic nitrogens is 3. The third-order valence-electron chi connectivity index (χ3n) is 3.89. The summed E-state index contributed by atoms with van der Waals surface area (Å²) in [5.74, 6) is 0.707. The summed E-state index contributed by atoms with van der Waals surface area (Å²) in [6.07, 6.45) is 2.89. The van der Waals surface area contributed by atoms with Crippen molar-refractivity contribution in [1.29, 1.82) is 0 Å². The number of hydrogen-bond donors (Lipinski definition) is 2. The zero-order valence-corrected chi connectivity index (χ0v) is 14.6. The van der Waals surface area contributed by atoms with Crippen LogP contribution in [0.2, 0.25) is 0 Å². The van der Waals surface area contributed by atoms with E-state index in [-0.39, 0.29) is 17.3 Å². The first-order chi connectivity index (χ1) is 12.5. The summed E-state index contributed by atoms with van der Waals surface area (Å²) in [7, 11) is 0. The van der Waals surface area contributed by atoms with Gasteiger partial charge >= 0.3 is 5.69 Å². The van der Waals surface area contributed by atoms with Crippen LogP contribution in [0.1, 0.15) is 16.7 Å². The normalized spacial score (nSPS) is 10.4. The Hall–Kier alpha value is -3.55. The third-order valence-corrected chi connectivity index (χ3v) is 3.89. The third kappa shape index (κ3) is 3.59. The number of nitrogens with zero attached hydrogens (tertiary/aromatic N) is 4. The molecule has 0 spiro atoms. The zero-order valence-electron chi connectivity index (χ0n) is 14.6. The molecule has 0 saturated carbocycles. The van der Waals surface area contributed by atoms with Gasteiger partial charge in [-0.1, -0.05) is 23.8 Å². The molecule has 0 radical (unpaired) electrons. The van der Waals surface area contributed by atoms with Gasteiger partial charge in [-0.2, -0.15) is 0 Å². The van der Waals surface area contributed by atoms with Crippen LogP contribution in [0.5, 0.6) is 0 Å². The van der Waals surface area contributed by atoms with Gasteiger partial charge in [-0.15, -0.1) is 0 Å². The Bertz CT molecular complexity index is 974. The predicted molar refractivity (Wildman–Crippen MR) is 100 cm³/mol. The lowest BCUT2D eigenvalue weighted by Gasteiger charge is -2.12. The van der Waals surface area contributed by atoms with Gasteiger partial charge < -0.3 is 10.6 Å². The van der Waals surface area contributed by atoms with Crippen molar-refractivity contribution in [3.05, 3.63) is 69.7 Å². The van der Waals surface area contributed by atoms with Gasteiger partial charge in [0.1, 0.15) is 12.1 Å². The number of nitrogens with one attached hydrogen (secondary N) is 2. The van der Waals surface area contributed by atoms with E-state index in [1.807, 2.05) is 45.0 Å². The molecule has 0 aliphatic rings. The molecule has 0 aliphatic carbocycles. The van der Waals surface area contributed by atoms with Crippen LogP contribution in [0, 0.1) is 30.9 Å². The highest BCUT2D eigenvalue weighted by molar-refractivity contribution is 5.77. The van der Waals surface area contributed by atoms with Crippen molar-refractivity contribution in [2.24, 2.45) is 0 Å². The minimum absolute atomic E-state index is 0.0825. The van der Waals surface area contributed by atoms with Crippen LogP contribution in [-0.2, 0) is 0 Å². The van der Waals surface area contributed by atoms with E-state index >= 15 is 0 Å². The topological polar surface area (TPSA) is 106 Å². The van der Waals surface area contributed by atoms with Crippen LogP contribution >= 0.6 is 0 Å². The maximum absolute atomic E-state index is 11.7. The molecule has 132 valence electrons. The van der Waals surface area contributed by atoms with Gasteiger partial charge in [0.25, 0.3) is 0 Å². The molecule has 0 atom stereocenters. The predicted octanol–water partition coefficient (Wildman–Crippen LogP) is 4.19. The van der Waals surface area contributed by atoms with E-state index in [1.54, 1.807) is 12.3 Å². The van der Waals surface area contributed by atoms with Gasteiger partial charge in [0.2, 0.25) is 11.6 Å². The van der Waals surface area contributed by atoms with Crippen LogP contribution in [0.4, 0.5) is 28.8 Å². The Morgan fingerprint density at radius 2 is 1.65 bits per heavy atom. The van der Waals surface area contributed by atoms with Crippen LogP contribution in [0.3, 0.4) is 0 Å². The van der Waals surface area contributed by atoms with E-state index in [0.717, 1.165) is 22.4 Å². The quantitative estimate of drug-likeness (QED) is 0.525. The standard InChI is InChI=1S/C18H18N6O2/c1-11-6-7-14(13(3)9-11)22-17-15(24(25)26)18(21-10-20-17)23-16-12(2)5-4-8-19-16/h4-10H,1-3H3,(H2,19,20,21,22,23). The minimum atomic E-state index is -0.507. The number of nitro groups is 1. The SMILES string of the molecule is Cc1ccc(Nc2ncnc(Nc3ncccc3C)c2[N+](=O)[O-])c(C)c1. The second kappa shape index (κ2) is 7.14. The second-order valence-electron chi connectivity index (χ2n) is 5.91. The molecule has 8 nitrogen and oxygen atoms in total. The maximum atomic E-state index is 11.7. The van der Waals surface area contributed by atoms with Crippen molar-refractivity contribution in [2.75, 3.05) is 10.6 Å². The van der Waals surface area contributed by atoms with Crippen molar-refractivity contribution in [3.8, 4) is 0 Å². The van der Waals surface area contributed by atoms with Crippen molar-refractivity contribution in [3.63, 3.8) is 0 Å². The molecule has 0 saturated heterocycles. The van der Waals surface area contributed by atoms with E-state index in [4.69, 9.17) is 0 Å². The maximum Gasteiger partial charge on any atom is 0.353 e. The van der Waals surface area contributed by atoms with Gasteiger partial charge in [-0.05, 0) is 44.0 Å². The average Bonchev–Trinajstić information content (AvgIpc) is 2.59. The van der Waals surface area contributed by atoms with Crippen LogP contribution in [0.25, 0.3) is 0 Å². The minimum Gasteiger partial charge on any atom is -0.334 e. The van der Waals surface area contributed by atoms with E-state index in [0.29, 0.717) is 5.82 Å². The Labute approximate surface area is 150 Å². The summed E-state index contributed by atoms with van der Waals surface area (Å²) >= 11 is 0. The number of benzene rings is 1. The molecule has 3 rings (SSSR count). The van der Waals surface area contributed by atoms with Gasteiger partial charge in [-0.3, -0.25) is 10.1 Å². The molecule has 0 amide bonds. The summed E-state index contributed by atoms with van der Waals surface area (Å²) in [6, 6.07) is 9.44. The lowest BCUT2D eigenvalue weighted by Crippen LogP contribution is -2.07. The number of anilines is 4. The number of rotatable bonds is 5. The Kier molecular flexibility index (Phi) is 4.74. The summed E-state index contributed by atoms with van der Waals surface area (Å²) in [4.78, 5) is 23.5. The number of aryl methyl sites for hydroxylation is 3. The molecule has 0 unspecified atom stereocenters. The van der Waals surface area contributed by atoms with Gasteiger partial charge in [0.05, 0.1) is 4.92 Å². The summed E-state index contributed by atoms with van der Waals surface area (Å²) in [6.45, 7) is 5.77. The highest BCUT2D eigenvalue weighted by Gasteiger charge is 2.24. The number of pyridine rings is 1. The van der Waals surface area contributed by atoms with Crippen LogP contribution in [0.15, 0.2) is 42.9 Å². The Morgan fingerprint density at radius 1 is 0.923 bits per heavy atom. The molecular formula is C18H18N6O2. The largest absolute Gasteiger partial charge is 0.353 e. The summed E-state index contributed by atoms with van der Waals surface area (Å²) in [5, 5.41) is 17.6. The van der Waals surface area contributed by atoms with Crippen LogP contribution in [-0.4, -0.2) is 19.9 Å². The smallest absolute Gasteiger partial charge is 0.334 e. The molecule has 3 aromatic rings. The lowest BCUT2D eigenvalue weighted by molar-refractivity contribution is -0.383. The molecule has 0 fully saturated rings. The molecule has 0 bridgehead atoms. The Morgan fingerprint density at radius 3 is 2.31 bits per heavy atom. The summed E-state index contributed by atoms with van der Waals surface area (Å²) in [5.41, 5.74) is 3.44. The lowest BCUT2D eigenvalue weighted by atomic mass is 10.1. The molecular weight excluding hydrogens is 332 g/mol. The summed E-state index contributed by atoms with van der Waals surface area (Å²) < 4.78 is 0. The van der Waals surface area contributed by atoms with Crippen molar-refractivity contribution < 1.29 is 4.92 Å². The molecule has 2 heterocycles. The van der Waals surface area contributed by atoms with E-state index in [1.165, 1.54) is 6.33 Å². The molecule has 0 aliphatic heterocycles. The second-order valence-corrected chi connectivity index (χ2v) is 5.91. The Balaban J connectivity index is 2.01. The van der Waals surface area contributed by atoms with Crippen molar-refractivity contribution in [2.45, 2.75) is 20.8 Å². The highest BCUT2D eigenvalue weighted by atomic mass is 16.6. The fraction of sp³-hybridized carbons (Fsp3) is 0.167. The highest BCUT2D eigenvalue weighted by Crippen LogP contribution is 2.33. The van der Waals surface area contributed by atoms with Gasteiger partial charge in [-0.25, -0.2) is 15.0 Å². The van der Waals surface area contributed by atoms with Gasteiger partial charge in [0.15, 0.2) is 0 Å². The molecule has 26 heavy (non-hydrogen) atoms. The van der Waals surface area contributed by atoms with E-state index < -0.39 is 4.92 Å². The monoisotopic (exact) mass is 350 g/mol. The fourth-order valence-corrected chi connectivity index (χ4v) is 2.54. The van der Waals surface area contributed by atoms with Crippen molar-refractivity contribution in [1.82, 2.24) is 15.0 Å². The molecule has 2 N–H and O–H groups in total. The molecule has 8 heteroatoms. The average molecular weight is 350 g/mol. The zero-order chi connectivity index (χ0) is 18.7. The first kappa shape index (κ1) is 17.3. The van der Waals surface area contributed by atoms with Gasteiger partial charge in [0, 0.05) is 11.9 Å².